The van der Waals surface area contributed by atoms with E-state index < -0.39 is 0 Å². The van der Waals surface area contributed by atoms with Gasteiger partial charge in [0.15, 0.2) is 12.4 Å². The van der Waals surface area contributed by atoms with Gasteiger partial charge in [0.05, 0.1) is 11.5 Å². The first-order valence-corrected chi connectivity index (χ1v) is 13.0. The maximum Gasteiger partial charge on any atom is 0.249 e. The van der Waals surface area contributed by atoms with E-state index in [1.807, 2.05) is 6.07 Å². The van der Waals surface area contributed by atoms with Crippen molar-refractivity contribution in [2.45, 2.75) is 24.8 Å². The Bertz CT molecular complexity index is 1880. The van der Waals surface area contributed by atoms with Crippen LogP contribution < -0.4 is 9.13 Å². The van der Waals surface area contributed by atoms with Gasteiger partial charge in [-0.2, -0.15) is 9.13 Å². The Morgan fingerprint density at radius 2 is 1.51 bits per heavy atom. The molecule has 176 valence electrons. The van der Waals surface area contributed by atoms with Crippen LogP contribution >= 0.6 is 0 Å². The molecule has 0 aliphatic carbocycles. The SMILES string of the molecule is C=C1C2C(CCc3ccc4c(oc5ccccc54)c3-c3cccc[n+]31)c1ccccc1-c1cccc[n+]12. The molecule has 3 nitrogen and oxygen atoms in total. The number of hydrogen-bond donors (Lipinski definition) is 0. The summed E-state index contributed by atoms with van der Waals surface area (Å²) in [5.41, 5.74) is 10.6. The summed E-state index contributed by atoms with van der Waals surface area (Å²) >= 11 is 0. The average Bonchev–Trinajstić information content (AvgIpc) is 3.35. The largest absolute Gasteiger partial charge is 0.455 e. The van der Waals surface area contributed by atoms with Crippen molar-refractivity contribution < 1.29 is 13.6 Å². The summed E-state index contributed by atoms with van der Waals surface area (Å²) in [5.74, 6) is 0.307. The van der Waals surface area contributed by atoms with Gasteiger partial charge in [-0.3, -0.25) is 0 Å². The van der Waals surface area contributed by atoms with Gasteiger partial charge in [-0.15, -0.1) is 0 Å². The molecule has 0 amide bonds. The van der Waals surface area contributed by atoms with Crippen molar-refractivity contribution in [1.29, 1.82) is 0 Å². The first-order chi connectivity index (χ1) is 18.3. The van der Waals surface area contributed by atoms with Crippen molar-refractivity contribution in [3.05, 3.63) is 127 Å². The molecule has 0 saturated carbocycles. The lowest BCUT2D eigenvalue weighted by Crippen LogP contribution is -2.53. The molecule has 5 heterocycles. The van der Waals surface area contributed by atoms with Crippen molar-refractivity contribution in [3.63, 3.8) is 0 Å². The van der Waals surface area contributed by atoms with E-state index in [-0.39, 0.29) is 6.04 Å². The Morgan fingerprint density at radius 3 is 2.46 bits per heavy atom. The van der Waals surface area contributed by atoms with E-state index in [9.17, 15) is 0 Å². The number of furan rings is 1. The summed E-state index contributed by atoms with van der Waals surface area (Å²) in [6, 6.07) is 34.9. The molecular formula is C34H26N2O+2. The topological polar surface area (TPSA) is 20.9 Å². The van der Waals surface area contributed by atoms with Crippen molar-refractivity contribution in [3.8, 4) is 22.5 Å². The summed E-state index contributed by atoms with van der Waals surface area (Å²) < 4.78 is 11.3. The molecule has 2 atom stereocenters. The summed E-state index contributed by atoms with van der Waals surface area (Å²) in [5, 5.41) is 2.32. The molecule has 3 heteroatoms. The minimum atomic E-state index is 0.109. The fourth-order valence-corrected chi connectivity index (χ4v) is 6.72. The number of aryl methyl sites for hydroxylation is 1. The van der Waals surface area contributed by atoms with Gasteiger partial charge in [0.2, 0.25) is 23.1 Å². The Hall–Kier alpha value is -4.50. The van der Waals surface area contributed by atoms with Gasteiger partial charge in [0.25, 0.3) is 0 Å². The van der Waals surface area contributed by atoms with E-state index in [1.165, 1.54) is 27.9 Å². The highest BCUT2D eigenvalue weighted by atomic mass is 16.3. The highest BCUT2D eigenvalue weighted by molar-refractivity contribution is 6.09. The van der Waals surface area contributed by atoms with Crippen LogP contribution in [-0.2, 0) is 6.42 Å². The predicted molar refractivity (Wildman–Crippen MR) is 147 cm³/mol. The van der Waals surface area contributed by atoms with E-state index >= 15 is 0 Å². The number of pyridine rings is 2. The molecule has 0 bridgehead atoms. The maximum atomic E-state index is 6.56. The van der Waals surface area contributed by atoms with Crippen LogP contribution in [0.2, 0.25) is 0 Å². The number of para-hydroxylation sites is 1. The Labute approximate surface area is 215 Å². The van der Waals surface area contributed by atoms with Crippen LogP contribution in [0.25, 0.3) is 50.2 Å². The highest BCUT2D eigenvalue weighted by Gasteiger charge is 2.46. The van der Waals surface area contributed by atoms with Crippen LogP contribution in [0.4, 0.5) is 0 Å². The zero-order chi connectivity index (χ0) is 24.5. The molecule has 8 rings (SSSR count). The predicted octanol–water partition coefficient (Wildman–Crippen LogP) is 7.25. The third-order valence-corrected chi connectivity index (χ3v) is 8.33. The molecule has 0 radical (unpaired) electrons. The third-order valence-electron chi connectivity index (χ3n) is 8.33. The van der Waals surface area contributed by atoms with Crippen LogP contribution in [0.15, 0.2) is 120 Å². The van der Waals surface area contributed by atoms with Gasteiger partial charge in [0, 0.05) is 40.6 Å². The fraction of sp³-hybridized carbons (Fsp3) is 0.118. The van der Waals surface area contributed by atoms with Gasteiger partial charge in [-0.1, -0.05) is 48.5 Å². The minimum absolute atomic E-state index is 0.109. The lowest BCUT2D eigenvalue weighted by atomic mass is 9.78. The number of rotatable bonds is 0. The molecule has 0 fully saturated rings. The molecule has 2 unspecified atom stereocenters. The van der Waals surface area contributed by atoms with Crippen molar-refractivity contribution in [1.82, 2.24) is 0 Å². The summed E-state index contributed by atoms with van der Waals surface area (Å²) in [7, 11) is 0. The Balaban J connectivity index is 1.44. The molecule has 6 aromatic rings. The molecular weight excluding hydrogens is 452 g/mol. The van der Waals surface area contributed by atoms with Gasteiger partial charge >= 0.3 is 0 Å². The van der Waals surface area contributed by atoms with Crippen LogP contribution in [-0.4, -0.2) is 0 Å². The van der Waals surface area contributed by atoms with E-state index in [0.717, 1.165) is 46.2 Å². The molecule has 37 heavy (non-hydrogen) atoms. The fourth-order valence-electron chi connectivity index (χ4n) is 6.72. The van der Waals surface area contributed by atoms with Gasteiger partial charge in [-0.05, 0) is 54.8 Å². The second-order valence-electron chi connectivity index (χ2n) is 10.2. The Morgan fingerprint density at radius 1 is 0.730 bits per heavy atom. The van der Waals surface area contributed by atoms with E-state index in [1.54, 1.807) is 0 Å². The van der Waals surface area contributed by atoms with Crippen molar-refractivity contribution in [2.75, 3.05) is 0 Å². The standard InChI is InChI=1S/C34H26N2O/c1-22-33-27(24-10-2-3-11-25(24)29-13-6-9-21-36(29)33)18-16-23-17-19-28-26-12-4-5-15-31(26)37-34(28)32(23)30-14-7-8-20-35(22)30/h2-15,17,19-21,27,33H,1,16,18H2/q+2. The summed E-state index contributed by atoms with van der Waals surface area (Å²) in [6.07, 6.45) is 6.37. The van der Waals surface area contributed by atoms with E-state index in [0.29, 0.717) is 5.92 Å². The molecule has 3 aromatic heterocycles. The highest BCUT2D eigenvalue weighted by Crippen LogP contribution is 2.46. The average molecular weight is 479 g/mol. The first kappa shape index (κ1) is 20.7. The van der Waals surface area contributed by atoms with Crippen LogP contribution in [0, 0.1) is 0 Å². The number of fused-ring (bicyclic) bond motifs is 13. The number of nitrogens with zero attached hydrogens (tertiary/aromatic N) is 2. The molecule has 2 aliphatic rings. The van der Waals surface area contributed by atoms with Gasteiger partial charge < -0.3 is 4.42 Å². The van der Waals surface area contributed by atoms with Crippen molar-refractivity contribution >= 4 is 27.6 Å². The Kier molecular flexibility index (Phi) is 4.33. The van der Waals surface area contributed by atoms with Gasteiger partial charge in [-0.25, -0.2) is 0 Å². The lowest BCUT2D eigenvalue weighted by molar-refractivity contribution is -0.727. The minimum Gasteiger partial charge on any atom is -0.455 e. The van der Waals surface area contributed by atoms with Crippen LogP contribution in [0.5, 0.6) is 0 Å². The quantitative estimate of drug-likeness (QED) is 0.211. The molecule has 2 aliphatic heterocycles. The second-order valence-corrected chi connectivity index (χ2v) is 10.2. The van der Waals surface area contributed by atoms with Crippen LogP contribution in [0.3, 0.4) is 0 Å². The molecule has 0 spiro atoms. The van der Waals surface area contributed by atoms with E-state index in [2.05, 4.69) is 113 Å². The first-order valence-electron chi connectivity index (χ1n) is 13.0. The van der Waals surface area contributed by atoms with Gasteiger partial charge in [0.1, 0.15) is 11.2 Å². The third kappa shape index (κ3) is 2.88. The van der Waals surface area contributed by atoms with E-state index in [4.69, 9.17) is 11.0 Å². The molecule has 0 saturated heterocycles. The number of hydrogen-bond acceptors (Lipinski definition) is 1. The smallest absolute Gasteiger partial charge is 0.249 e. The zero-order valence-electron chi connectivity index (χ0n) is 20.5. The summed E-state index contributed by atoms with van der Waals surface area (Å²) in [4.78, 5) is 0. The molecule has 0 N–H and O–H groups in total. The number of aromatic nitrogens is 2. The zero-order valence-corrected chi connectivity index (χ0v) is 20.5. The normalized spacial score (nSPS) is 18.1. The number of benzene rings is 3. The molecule has 3 aromatic carbocycles. The summed E-state index contributed by atoms with van der Waals surface area (Å²) in [6.45, 7) is 4.76. The second kappa shape index (κ2) is 7.75. The maximum absolute atomic E-state index is 6.56. The van der Waals surface area contributed by atoms with Crippen molar-refractivity contribution in [2.24, 2.45) is 0 Å². The monoisotopic (exact) mass is 478 g/mol. The van der Waals surface area contributed by atoms with Crippen LogP contribution in [0.1, 0.15) is 29.5 Å². The lowest BCUT2D eigenvalue weighted by Gasteiger charge is -2.29. The number of allylic oxidation sites excluding steroid dienone is 1.